The zero-order valence-corrected chi connectivity index (χ0v) is 24.2. The Hall–Kier alpha value is -6.06. The maximum atomic E-state index is 6.29. The summed E-state index contributed by atoms with van der Waals surface area (Å²) in [5.41, 5.74) is 11.6. The molecule has 3 heteroatoms. The molecule has 4 heterocycles. The van der Waals surface area contributed by atoms with Gasteiger partial charge in [-0.05, 0) is 48.0 Å². The van der Waals surface area contributed by atoms with Gasteiger partial charge < -0.3 is 13.4 Å². The lowest BCUT2D eigenvalue weighted by Gasteiger charge is -2.09. The molecule has 11 rings (SSSR count). The Kier molecular flexibility index (Phi) is 4.32. The van der Waals surface area contributed by atoms with Gasteiger partial charge in [-0.3, -0.25) is 0 Å². The van der Waals surface area contributed by atoms with Gasteiger partial charge in [-0.1, -0.05) is 97.1 Å². The van der Waals surface area contributed by atoms with Gasteiger partial charge in [-0.15, -0.1) is 0 Å². The summed E-state index contributed by atoms with van der Waals surface area (Å²) in [4.78, 5) is 0. The first-order valence-corrected chi connectivity index (χ1v) is 15.4. The van der Waals surface area contributed by atoms with E-state index in [1.165, 1.54) is 71.0 Å². The number of hydrogen-bond donors (Lipinski definition) is 0. The number of hydrogen-bond acceptors (Lipinski definition) is 1. The van der Waals surface area contributed by atoms with Crippen molar-refractivity contribution in [3.8, 4) is 16.8 Å². The van der Waals surface area contributed by atoms with Gasteiger partial charge in [0.2, 0.25) is 0 Å². The molecule has 0 atom stereocenters. The van der Waals surface area contributed by atoms with Crippen molar-refractivity contribution >= 4 is 81.8 Å². The Balaban J connectivity index is 1.20. The molecular formula is C42H24N2O. The molecule has 0 aliphatic heterocycles. The van der Waals surface area contributed by atoms with Crippen LogP contribution in [0.2, 0.25) is 0 Å². The lowest BCUT2D eigenvalue weighted by molar-refractivity contribution is 0.668. The Labute approximate surface area is 257 Å². The molecule has 11 aromatic rings. The lowest BCUT2D eigenvalue weighted by Crippen LogP contribution is -1.93. The molecule has 0 bridgehead atoms. The monoisotopic (exact) mass is 572 g/mol. The first-order chi connectivity index (χ1) is 22.3. The van der Waals surface area contributed by atoms with E-state index in [9.17, 15) is 0 Å². The topological polar surface area (TPSA) is 22.5 Å². The molecule has 7 aromatic carbocycles. The number of rotatable bonds is 2. The average molecular weight is 573 g/mol. The average Bonchev–Trinajstić information content (AvgIpc) is 3.83. The number of furan rings is 1. The maximum absolute atomic E-state index is 6.29. The molecular weight excluding hydrogens is 548 g/mol. The van der Waals surface area contributed by atoms with E-state index in [0.717, 1.165) is 27.6 Å². The zero-order valence-electron chi connectivity index (χ0n) is 24.2. The largest absolute Gasteiger partial charge is 0.456 e. The van der Waals surface area contributed by atoms with Crippen LogP contribution in [-0.2, 0) is 0 Å². The van der Waals surface area contributed by atoms with Gasteiger partial charge in [0.05, 0.1) is 27.6 Å². The van der Waals surface area contributed by atoms with Crippen LogP contribution >= 0.6 is 0 Å². The number of para-hydroxylation sites is 5. The van der Waals surface area contributed by atoms with Crippen LogP contribution in [-0.4, -0.2) is 8.97 Å². The molecule has 45 heavy (non-hydrogen) atoms. The summed E-state index contributed by atoms with van der Waals surface area (Å²) in [7, 11) is 0. The first-order valence-electron chi connectivity index (χ1n) is 15.4. The van der Waals surface area contributed by atoms with E-state index in [4.69, 9.17) is 4.42 Å². The molecule has 4 aromatic heterocycles. The summed E-state index contributed by atoms with van der Waals surface area (Å²) in [6.45, 7) is 0. The van der Waals surface area contributed by atoms with Crippen molar-refractivity contribution in [2.45, 2.75) is 0 Å². The summed E-state index contributed by atoms with van der Waals surface area (Å²) in [6.07, 6.45) is 0. The summed E-state index contributed by atoms with van der Waals surface area (Å²) >= 11 is 0. The van der Waals surface area contributed by atoms with Crippen LogP contribution in [0.4, 0.5) is 0 Å². The second-order valence-corrected chi connectivity index (χ2v) is 12.1. The minimum Gasteiger partial charge on any atom is -0.456 e. The smallest absolute Gasteiger partial charge is 0.137 e. The molecule has 3 nitrogen and oxygen atoms in total. The van der Waals surface area contributed by atoms with Crippen LogP contribution < -0.4 is 0 Å². The van der Waals surface area contributed by atoms with Gasteiger partial charge in [0, 0.05) is 60.4 Å². The second-order valence-electron chi connectivity index (χ2n) is 12.1. The van der Waals surface area contributed by atoms with Crippen LogP contribution in [0.5, 0.6) is 0 Å². The normalized spacial score (nSPS) is 12.4. The third kappa shape index (κ3) is 2.95. The predicted octanol–water partition coefficient (Wildman–Crippen LogP) is 11.5. The number of benzene rings is 7. The Morgan fingerprint density at radius 3 is 1.87 bits per heavy atom. The third-order valence-electron chi connectivity index (χ3n) is 9.85. The highest BCUT2D eigenvalue weighted by Crippen LogP contribution is 2.43. The minimum atomic E-state index is 0.904. The molecule has 0 saturated carbocycles. The second kappa shape index (κ2) is 8.31. The molecule has 0 N–H and O–H groups in total. The standard InChI is InChI=1S/C42H24N2O/c1-5-17-37-28(9-1)32-13-8-15-34-33-14-7-12-27(41(33)44(37)42(32)34)25-19-22-38-35(23-25)29-10-2-4-16-36(29)43(38)26-20-21-31-30-11-3-6-18-39(30)45-40(31)24-26/h1-24H. The maximum Gasteiger partial charge on any atom is 0.137 e. The molecule has 0 fully saturated rings. The highest BCUT2D eigenvalue weighted by atomic mass is 16.3. The van der Waals surface area contributed by atoms with Gasteiger partial charge >= 0.3 is 0 Å². The van der Waals surface area contributed by atoms with Gasteiger partial charge in [0.1, 0.15) is 11.2 Å². The van der Waals surface area contributed by atoms with Gasteiger partial charge in [0.25, 0.3) is 0 Å². The Morgan fingerprint density at radius 1 is 0.378 bits per heavy atom. The van der Waals surface area contributed by atoms with E-state index in [0.29, 0.717) is 0 Å². The van der Waals surface area contributed by atoms with E-state index in [2.05, 4.69) is 142 Å². The van der Waals surface area contributed by atoms with Crippen LogP contribution in [0.3, 0.4) is 0 Å². The van der Waals surface area contributed by atoms with Crippen molar-refractivity contribution in [3.63, 3.8) is 0 Å². The molecule has 0 unspecified atom stereocenters. The van der Waals surface area contributed by atoms with Crippen molar-refractivity contribution in [2.24, 2.45) is 0 Å². The van der Waals surface area contributed by atoms with Crippen molar-refractivity contribution in [1.82, 2.24) is 8.97 Å². The van der Waals surface area contributed by atoms with E-state index in [1.807, 2.05) is 12.1 Å². The number of fused-ring (bicyclic) bond motifs is 12. The van der Waals surface area contributed by atoms with Crippen molar-refractivity contribution < 1.29 is 4.42 Å². The zero-order chi connectivity index (χ0) is 29.2. The first kappa shape index (κ1) is 23.4. The van der Waals surface area contributed by atoms with Crippen molar-refractivity contribution in [2.75, 3.05) is 0 Å². The predicted molar refractivity (Wildman–Crippen MR) is 188 cm³/mol. The summed E-state index contributed by atoms with van der Waals surface area (Å²) in [6, 6.07) is 52.8. The fourth-order valence-corrected chi connectivity index (χ4v) is 7.98. The van der Waals surface area contributed by atoms with E-state index in [-0.39, 0.29) is 0 Å². The Morgan fingerprint density at radius 2 is 1.00 bits per heavy atom. The van der Waals surface area contributed by atoms with Crippen LogP contribution in [0.25, 0.3) is 98.7 Å². The highest BCUT2D eigenvalue weighted by molar-refractivity contribution is 6.25. The number of nitrogens with zero attached hydrogens (tertiary/aromatic N) is 2. The van der Waals surface area contributed by atoms with Gasteiger partial charge in [0.15, 0.2) is 0 Å². The van der Waals surface area contributed by atoms with Crippen molar-refractivity contribution in [3.05, 3.63) is 146 Å². The molecule has 0 amide bonds. The number of aromatic nitrogens is 2. The fourth-order valence-electron chi connectivity index (χ4n) is 7.98. The van der Waals surface area contributed by atoms with Crippen LogP contribution in [0, 0.1) is 0 Å². The van der Waals surface area contributed by atoms with Crippen molar-refractivity contribution in [1.29, 1.82) is 0 Å². The summed E-state index contributed by atoms with van der Waals surface area (Å²) in [5, 5.41) is 9.98. The summed E-state index contributed by atoms with van der Waals surface area (Å²) in [5.74, 6) is 0. The van der Waals surface area contributed by atoms with E-state index in [1.54, 1.807) is 0 Å². The van der Waals surface area contributed by atoms with Gasteiger partial charge in [-0.25, -0.2) is 0 Å². The molecule has 0 aliphatic carbocycles. The lowest BCUT2D eigenvalue weighted by atomic mass is 9.99. The van der Waals surface area contributed by atoms with Crippen LogP contribution in [0.1, 0.15) is 0 Å². The third-order valence-corrected chi connectivity index (χ3v) is 9.85. The van der Waals surface area contributed by atoms with Gasteiger partial charge in [-0.2, -0.15) is 0 Å². The SMILES string of the molecule is c1ccc2c(c1)oc1cc(-n3c4ccccc4c4cc(-c5cccc6c7cccc8c9ccccc9n(c56)c87)ccc43)ccc12. The highest BCUT2D eigenvalue weighted by Gasteiger charge is 2.20. The molecule has 208 valence electrons. The molecule has 0 radical (unpaired) electrons. The van der Waals surface area contributed by atoms with E-state index >= 15 is 0 Å². The Bertz CT molecular complexity index is 2990. The fraction of sp³-hybridized carbons (Fsp3) is 0. The molecule has 0 spiro atoms. The van der Waals surface area contributed by atoms with E-state index < -0.39 is 0 Å². The van der Waals surface area contributed by atoms with Crippen LogP contribution in [0.15, 0.2) is 150 Å². The molecule has 0 aliphatic rings. The molecule has 0 saturated heterocycles. The summed E-state index contributed by atoms with van der Waals surface area (Å²) < 4.78 is 11.2. The quantitative estimate of drug-likeness (QED) is 0.202. The minimum absolute atomic E-state index is 0.904.